The molecule has 0 saturated carbocycles. The molecule has 25 heavy (non-hydrogen) atoms. The number of esters is 1. The molecule has 0 saturated heterocycles. The van der Waals surface area contributed by atoms with Gasteiger partial charge in [-0.05, 0) is 45.0 Å². The summed E-state index contributed by atoms with van der Waals surface area (Å²) < 4.78 is 4.91. The zero-order valence-electron chi connectivity index (χ0n) is 14.2. The van der Waals surface area contributed by atoms with E-state index in [1.807, 2.05) is 0 Å². The Morgan fingerprint density at radius 2 is 2.00 bits per heavy atom. The second kappa shape index (κ2) is 8.48. The number of nitrogens with zero attached hydrogens (tertiary/aromatic N) is 1. The van der Waals surface area contributed by atoms with E-state index in [0.29, 0.717) is 28.7 Å². The van der Waals surface area contributed by atoms with Gasteiger partial charge in [-0.25, -0.2) is 9.78 Å². The lowest BCUT2D eigenvalue weighted by Gasteiger charge is -2.12. The fraction of sp³-hybridized carbons (Fsp3) is 0.294. The number of rotatable bonds is 6. The minimum Gasteiger partial charge on any atom is -0.462 e. The standard InChI is InChI=1S/C17H19N3O4S/c1-4-24-16(23)12-5-7-13(8-6-12)19-15(22)11(3)25-17-18-10(2)9-14(21)20-17/h5-9,11H,4H2,1-3H3,(H,19,22)(H,18,20,21)/t11-/m1/s1. The Labute approximate surface area is 149 Å². The summed E-state index contributed by atoms with van der Waals surface area (Å²) in [5.74, 6) is -0.642. The number of anilines is 1. The van der Waals surface area contributed by atoms with E-state index >= 15 is 0 Å². The maximum Gasteiger partial charge on any atom is 0.338 e. The molecule has 0 spiro atoms. The van der Waals surface area contributed by atoms with Crippen LogP contribution in [-0.2, 0) is 9.53 Å². The molecule has 2 aromatic rings. The molecule has 2 rings (SSSR count). The lowest BCUT2D eigenvalue weighted by Crippen LogP contribution is -2.23. The number of nitrogens with one attached hydrogen (secondary N) is 2. The quantitative estimate of drug-likeness (QED) is 0.465. The van der Waals surface area contributed by atoms with Crippen LogP contribution in [-0.4, -0.2) is 33.7 Å². The molecule has 0 bridgehead atoms. The lowest BCUT2D eigenvalue weighted by molar-refractivity contribution is -0.115. The number of ether oxygens (including phenoxy) is 1. The second-order valence-electron chi connectivity index (χ2n) is 5.24. The van der Waals surface area contributed by atoms with Crippen LogP contribution in [0.2, 0.25) is 0 Å². The summed E-state index contributed by atoms with van der Waals surface area (Å²) in [6.45, 7) is 5.48. The molecule has 0 aliphatic carbocycles. The summed E-state index contributed by atoms with van der Waals surface area (Å²) in [5.41, 5.74) is 1.32. The van der Waals surface area contributed by atoms with Crippen molar-refractivity contribution < 1.29 is 14.3 Å². The Bertz CT molecular complexity index is 817. The number of carbonyl (C=O) groups excluding carboxylic acids is 2. The maximum absolute atomic E-state index is 12.3. The first-order valence-electron chi connectivity index (χ1n) is 7.71. The largest absolute Gasteiger partial charge is 0.462 e. The summed E-state index contributed by atoms with van der Waals surface area (Å²) in [6.07, 6.45) is 0. The van der Waals surface area contributed by atoms with Crippen LogP contribution >= 0.6 is 11.8 Å². The summed E-state index contributed by atoms with van der Waals surface area (Å²) in [5, 5.41) is 2.69. The second-order valence-corrected chi connectivity index (χ2v) is 6.57. The van der Waals surface area contributed by atoms with Crippen LogP contribution < -0.4 is 10.9 Å². The smallest absolute Gasteiger partial charge is 0.338 e. The Balaban J connectivity index is 1.98. The number of carbonyl (C=O) groups is 2. The molecule has 1 aromatic carbocycles. The van der Waals surface area contributed by atoms with E-state index in [9.17, 15) is 14.4 Å². The van der Waals surface area contributed by atoms with E-state index in [2.05, 4.69) is 15.3 Å². The van der Waals surface area contributed by atoms with E-state index in [-0.39, 0.29) is 11.5 Å². The molecular formula is C17H19N3O4S. The van der Waals surface area contributed by atoms with Crippen molar-refractivity contribution in [1.29, 1.82) is 0 Å². The van der Waals surface area contributed by atoms with Gasteiger partial charge in [0.1, 0.15) is 0 Å². The van der Waals surface area contributed by atoms with Gasteiger partial charge in [0.05, 0.1) is 17.4 Å². The molecule has 0 radical (unpaired) electrons. The van der Waals surface area contributed by atoms with Crippen molar-refractivity contribution in [1.82, 2.24) is 9.97 Å². The number of hydrogen-bond acceptors (Lipinski definition) is 6. The van der Waals surface area contributed by atoms with Gasteiger partial charge in [-0.15, -0.1) is 0 Å². The highest BCUT2D eigenvalue weighted by Crippen LogP contribution is 2.20. The first-order valence-corrected chi connectivity index (χ1v) is 8.59. The van der Waals surface area contributed by atoms with Gasteiger partial charge >= 0.3 is 5.97 Å². The van der Waals surface area contributed by atoms with Gasteiger partial charge in [0, 0.05) is 17.4 Å². The molecule has 0 aliphatic rings. The first kappa shape index (κ1) is 18.7. The van der Waals surface area contributed by atoms with Crippen LogP contribution in [0.5, 0.6) is 0 Å². The molecule has 0 unspecified atom stereocenters. The van der Waals surface area contributed by atoms with Gasteiger partial charge < -0.3 is 15.0 Å². The molecule has 1 atom stereocenters. The van der Waals surface area contributed by atoms with Crippen molar-refractivity contribution in [2.24, 2.45) is 0 Å². The van der Waals surface area contributed by atoms with Gasteiger partial charge in [-0.1, -0.05) is 11.8 Å². The minimum atomic E-state index is -0.463. The Morgan fingerprint density at radius 3 is 2.60 bits per heavy atom. The zero-order chi connectivity index (χ0) is 18.4. The van der Waals surface area contributed by atoms with Crippen molar-refractivity contribution in [3.05, 3.63) is 51.9 Å². The molecule has 1 amide bonds. The van der Waals surface area contributed by atoms with Crippen molar-refractivity contribution in [2.45, 2.75) is 31.2 Å². The normalized spacial score (nSPS) is 11.6. The highest BCUT2D eigenvalue weighted by Gasteiger charge is 2.16. The monoisotopic (exact) mass is 361 g/mol. The molecule has 0 fully saturated rings. The van der Waals surface area contributed by atoms with Crippen LogP contribution in [0.3, 0.4) is 0 Å². The van der Waals surface area contributed by atoms with E-state index in [4.69, 9.17) is 4.74 Å². The molecule has 132 valence electrons. The maximum atomic E-state index is 12.3. The third kappa shape index (κ3) is 5.46. The van der Waals surface area contributed by atoms with Gasteiger partial charge in [-0.3, -0.25) is 9.59 Å². The summed E-state index contributed by atoms with van der Waals surface area (Å²) >= 11 is 1.16. The van der Waals surface area contributed by atoms with E-state index in [1.54, 1.807) is 45.0 Å². The lowest BCUT2D eigenvalue weighted by atomic mass is 10.2. The Hall–Kier alpha value is -2.61. The van der Waals surface area contributed by atoms with E-state index < -0.39 is 11.2 Å². The van der Waals surface area contributed by atoms with Crippen LogP contribution in [0, 0.1) is 6.92 Å². The first-order chi connectivity index (χ1) is 11.9. The van der Waals surface area contributed by atoms with E-state index in [0.717, 1.165) is 11.8 Å². The molecule has 2 N–H and O–H groups in total. The van der Waals surface area contributed by atoms with Crippen LogP contribution in [0.4, 0.5) is 5.69 Å². The number of thioether (sulfide) groups is 1. The third-order valence-corrected chi connectivity index (χ3v) is 4.15. The van der Waals surface area contributed by atoms with Gasteiger partial charge in [0.25, 0.3) is 5.56 Å². The SMILES string of the molecule is CCOC(=O)c1ccc(NC(=O)[C@@H](C)Sc2nc(C)cc(=O)[nH]2)cc1. The molecule has 1 aromatic heterocycles. The summed E-state index contributed by atoms with van der Waals surface area (Å²) in [4.78, 5) is 42.1. The van der Waals surface area contributed by atoms with Gasteiger partial charge in [-0.2, -0.15) is 0 Å². The Morgan fingerprint density at radius 1 is 1.32 bits per heavy atom. The summed E-state index contributed by atoms with van der Waals surface area (Å²) in [6, 6.07) is 7.83. The molecule has 7 nitrogen and oxygen atoms in total. The van der Waals surface area contributed by atoms with E-state index in [1.165, 1.54) is 6.07 Å². The molecule has 0 aliphatic heterocycles. The molecular weight excluding hydrogens is 342 g/mol. The van der Waals surface area contributed by atoms with Crippen LogP contribution in [0.15, 0.2) is 40.3 Å². The predicted molar refractivity (Wildman–Crippen MR) is 95.9 cm³/mol. The number of amides is 1. The average molecular weight is 361 g/mol. The number of aryl methyl sites for hydroxylation is 1. The third-order valence-electron chi connectivity index (χ3n) is 3.17. The predicted octanol–water partition coefficient (Wildman–Crippen LogP) is 2.37. The number of hydrogen-bond donors (Lipinski definition) is 2. The van der Waals surface area contributed by atoms with Gasteiger partial charge in [0.15, 0.2) is 5.16 Å². The Kier molecular flexibility index (Phi) is 6.35. The molecule has 8 heteroatoms. The fourth-order valence-electron chi connectivity index (χ4n) is 1.98. The number of benzene rings is 1. The fourth-order valence-corrected chi connectivity index (χ4v) is 2.83. The topological polar surface area (TPSA) is 101 Å². The number of aromatic nitrogens is 2. The summed E-state index contributed by atoms with van der Waals surface area (Å²) in [7, 11) is 0. The zero-order valence-corrected chi connectivity index (χ0v) is 15.0. The minimum absolute atomic E-state index is 0.238. The van der Waals surface area contributed by atoms with Crippen molar-refractivity contribution in [3.8, 4) is 0 Å². The van der Waals surface area contributed by atoms with Crippen molar-refractivity contribution in [2.75, 3.05) is 11.9 Å². The van der Waals surface area contributed by atoms with Crippen molar-refractivity contribution >= 4 is 29.3 Å². The van der Waals surface area contributed by atoms with Crippen LogP contribution in [0.1, 0.15) is 29.9 Å². The molecule has 1 heterocycles. The highest BCUT2D eigenvalue weighted by atomic mass is 32.2. The number of aromatic amines is 1. The average Bonchev–Trinajstić information content (AvgIpc) is 2.54. The number of H-pyrrole nitrogens is 1. The highest BCUT2D eigenvalue weighted by molar-refractivity contribution is 8.00. The van der Waals surface area contributed by atoms with Crippen LogP contribution in [0.25, 0.3) is 0 Å². The van der Waals surface area contributed by atoms with Gasteiger partial charge in [0.2, 0.25) is 5.91 Å². The van der Waals surface area contributed by atoms with Crippen molar-refractivity contribution in [3.63, 3.8) is 0 Å².